The molecule has 0 amide bonds. The molecule has 1 heterocycles. The number of alkyl halides is 2. The highest BCUT2D eigenvalue weighted by Gasteiger charge is 2.29. The van der Waals surface area contributed by atoms with Gasteiger partial charge in [-0.25, -0.2) is 8.78 Å². The number of carbonyl (C=O) groups is 1. The summed E-state index contributed by atoms with van der Waals surface area (Å²) in [6, 6.07) is 0. The molecule has 0 aromatic carbocycles. The second kappa shape index (κ2) is 6.73. The summed E-state index contributed by atoms with van der Waals surface area (Å²) >= 11 is 0. The number of nitrogens with zero attached hydrogens (tertiary/aromatic N) is 2. The molecule has 0 spiro atoms. The lowest BCUT2D eigenvalue weighted by atomic mass is 10.1. The van der Waals surface area contributed by atoms with Gasteiger partial charge < -0.3 is 19.6 Å². The molecule has 0 radical (unpaired) electrons. The number of aromatic nitrogens is 1. The number of carbonyl (C=O) groups excluding carboxylic acids is 1. The van der Waals surface area contributed by atoms with E-state index in [9.17, 15) is 23.7 Å². The number of halogens is 2. The second-order valence-corrected chi connectivity index (χ2v) is 3.59. The Labute approximate surface area is 112 Å². The summed E-state index contributed by atoms with van der Waals surface area (Å²) in [4.78, 5) is 24.8. The second-order valence-electron chi connectivity index (χ2n) is 3.59. The smallest absolute Gasteiger partial charge is 0.370 e. The van der Waals surface area contributed by atoms with E-state index in [4.69, 9.17) is 4.74 Å². The zero-order valence-electron chi connectivity index (χ0n) is 10.8. The van der Waals surface area contributed by atoms with E-state index < -0.39 is 40.9 Å². The molecule has 1 rings (SSSR count). The summed E-state index contributed by atoms with van der Waals surface area (Å²) in [6.45, 7) is 1.62. The van der Waals surface area contributed by atoms with Crippen LogP contribution in [0.25, 0.3) is 0 Å². The van der Waals surface area contributed by atoms with E-state index in [1.807, 2.05) is 0 Å². The highest BCUT2D eigenvalue weighted by Crippen LogP contribution is 2.36. The van der Waals surface area contributed by atoms with Crippen LogP contribution in [0.4, 0.5) is 14.6 Å². The molecular formula is C11H12F2N2O5. The van der Waals surface area contributed by atoms with Gasteiger partial charge in [0.2, 0.25) is 0 Å². The Hall–Kier alpha value is -2.32. The number of hydrogen-bond donors (Lipinski definition) is 0. The summed E-state index contributed by atoms with van der Waals surface area (Å²) in [5.41, 5.74) is -0.939. The molecule has 0 bridgehead atoms. The van der Waals surface area contributed by atoms with Gasteiger partial charge in [-0.15, -0.1) is 0 Å². The molecule has 7 nitrogen and oxygen atoms in total. The van der Waals surface area contributed by atoms with Crippen molar-refractivity contribution in [3.05, 3.63) is 27.4 Å². The highest BCUT2D eigenvalue weighted by molar-refractivity contribution is 5.75. The lowest BCUT2D eigenvalue weighted by molar-refractivity contribution is -0.390. The molecule has 0 fully saturated rings. The Morgan fingerprint density at radius 3 is 2.65 bits per heavy atom. The minimum absolute atomic E-state index is 0.0664. The Morgan fingerprint density at radius 1 is 1.55 bits per heavy atom. The van der Waals surface area contributed by atoms with E-state index in [0.717, 1.165) is 7.11 Å². The van der Waals surface area contributed by atoms with E-state index in [-0.39, 0.29) is 12.2 Å². The first-order chi connectivity index (χ1) is 9.42. The van der Waals surface area contributed by atoms with E-state index in [1.54, 1.807) is 6.92 Å². The lowest BCUT2D eigenvalue weighted by Crippen LogP contribution is -2.12. The van der Waals surface area contributed by atoms with Crippen LogP contribution in [0.15, 0.2) is 6.20 Å². The van der Waals surface area contributed by atoms with E-state index in [1.165, 1.54) is 0 Å². The Kier molecular flexibility index (Phi) is 5.30. The van der Waals surface area contributed by atoms with Crippen LogP contribution in [0.1, 0.15) is 24.5 Å². The van der Waals surface area contributed by atoms with Gasteiger partial charge >= 0.3 is 11.8 Å². The normalized spacial score (nSPS) is 10.4. The van der Waals surface area contributed by atoms with Gasteiger partial charge in [0.25, 0.3) is 6.43 Å². The maximum absolute atomic E-state index is 12.8. The number of pyridine rings is 1. The van der Waals surface area contributed by atoms with Crippen LogP contribution in [0.5, 0.6) is 5.75 Å². The number of rotatable bonds is 6. The van der Waals surface area contributed by atoms with Gasteiger partial charge in [0.1, 0.15) is 16.9 Å². The SMILES string of the molecule is CCOC(=O)Cc1c([N+](=O)[O-])ncc(C(F)F)c1OC. The number of ether oxygens (including phenoxy) is 2. The maximum Gasteiger partial charge on any atom is 0.370 e. The van der Waals surface area contributed by atoms with Gasteiger partial charge in [-0.1, -0.05) is 0 Å². The Balaban J connectivity index is 3.36. The lowest BCUT2D eigenvalue weighted by Gasteiger charge is -2.11. The summed E-state index contributed by atoms with van der Waals surface area (Å²) in [6.07, 6.45) is -2.84. The van der Waals surface area contributed by atoms with Crippen molar-refractivity contribution in [2.75, 3.05) is 13.7 Å². The van der Waals surface area contributed by atoms with Crippen molar-refractivity contribution in [3.63, 3.8) is 0 Å². The van der Waals surface area contributed by atoms with Gasteiger partial charge in [-0.2, -0.15) is 0 Å². The van der Waals surface area contributed by atoms with Crippen molar-refractivity contribution in [2.24, 2.45) is 0 Å². The van der Waals surface area contributed by atoms with Gasteiger partial charge in [0, 0.05) is 0 Å². The average molecular weight is 290 g/mol. The first kappa shape index (κ1) is 15.7. The minimum Gasteiger partial charge on any atom is -0.495 e. The molecule has 0 N–H and O–H groups in total. The molecule has 1 aromatic heterocycles. The zero-order valence-corrected chi connectivity index (χ0v) is 10.8. The molecule has 110 valence electrons. The average Bonchev–Trinajstić information content (AvgIpc) is 2.37. The first-order valence-electron chi connectivity index (χ1n) is 5.56. The topological polar surface area (TPSA) is 91.6 Å². The van der Waals surface area contributed by atoms with E-state index in [2.05, 4.69) is 9.72 Å². The third-order valence-electron chi connectivity index (χ3n) is 2.37. The molecule has 0 atom stereocenters. The Bertz CT molecular complexity index is 522. The standard InChI is InChI=1S/C11H12F2N2O5/c1-3-20-8(16)4-6-9(19-2)7(10(12)13)5-14-11(6)15(17)18/h5,10H,3-4H2,1-2H3. The van der Waals surface area contributed by atoms with Gasteiger partial charge in [0.05, 0.1) is 20.1 Å². The number of methoxy groups -OCH3 is 1. The monoisotopic (exact) mass is 290 g/mol. The van der Waals surface area contributed by atoms with Crippen molar-refractivity contribution in [3.8, 4) is 5.75 Å². The molecule has 20 heavy (non-hydrogen) atoms. The molecular weight excluding hydrogens is 278 g/mol. The largest absolute Gasteiger partial charge is 0.495 e. The summed E-state index contributed by atoms with van der Waals surface area (Å²) in [5, 5.41) is 10.9. The minimum atomic E-state index is -2.93. The van der Waals surface area contributed by atoms with Crippen LogP contribution < -0.4 is 4.74 Å². The molecule has 0 unspecified atom stereocenters. The van der Waals surface area contributed by atoms with Crippen LogP contribution in [0, 0.1) is 10.1 Å². The van der Waals surface area contributed by atoms with Crippen LogP contribution >= 0.6 is 0 Å². The molecule has 0 saturated carbocycles. The molecule has 0 saturated heterocycles. The van der Waals surface area contributed by atoms with Crippen LogP contribution in [-0.2, 0) is 16.0 Å². The molecule has 9 heteroatoms. The van der Waals surface area contributed by atoms with Gasteiger partial charge in [0.15, 0.2) is 6.20 Å². The molecule has 0 aliphatic heterocycles. The fourth-order valence-electron chi connectivity index (χ4n) is 1.61. The third-order valence-corrected chi connectivity index (χ3v) is 2.37. The molecule has 0 aliphatic carbocycles. The van der Waals surface area contributed by atoms with Crippen LogP contribution in [0.2, 0.25) is 0 Å². The summed E-state index contributed by atoms with van der Waals surface area (Å²) in [5.74, 6) is -1.92. The highest BCUT2D eigenvalue weighted by atomic mass is 19.3. The van der Waals surface area contributed by atoms with Crippen molar-refractivity contribution in [1.29, 1.82) is 0 Å². The number of nitro groups is 1. The first-order valence-corrected chi connectivity index (χ1v) is 5.56. The summed E-state index contributed by atoms with van der Waals surface area (Å²) in [7, 11) is 1.08. The number of hydrogen-bond acceptors (Lipinski definition) is 6. The van der Waals surface area contributed by atoms with Crippen LogP contribution in [-0.4, -0.2) is 29.6 Å². The van der Waals surface area contributed by atoms with Gasteiger partial charge in [-0.3, -0.25) is 4.79 Å². The fraction of sp³-hybridized carbons (Fsp3) is 0.455. The van der Waals surface area contributed by atoms with Crippen molar-refractivity contribution in [2.45, 2.75) is 19.8 Å². The fourth-order valence-corrected chi connectivity index (χ4v) is 1.61. The third kappa shape index (κ3) is 3.37. The van der Waals surface area contributed by atoms with Crippen molar-refractivity contribution < 1.29 is 28.0 Å². The molecule has 1 aromatic rings. The van der Waals surface area contributed by atoms with Crippen LogP contribution in [0.3, 0.4) is 0 Å². The predicted molar refractivity (Wildman–Crippen MR) is 62.7 cm³/mol. The van der Waals surface area contributed by atoms with E-state index in [0.29, 0.717) is 6.20 Å². The molecule has 0 aliphatic rings. The Morgan fingerprint density at radius 2 is 2.20 bits per heavy atom. The van der Waals surface area contributed by atoms with Crippen molar-refractivity contribution >= 4 is 11.8 Å². The summed E-state index contributed by atoms with van der Waals surface area (Å²) < 4.78 is 35.0. The maximum atomic E-state index is 12.8. The zero-order chi connectivity index (χ0) is 15.3. The van der Waals surface area contributed by atoms with Crippen molar-refractivity contribution in [1.82, 2.24) is 4.98 Å². The number of esters is 1. The quantitative estimate of drug-likeness (QED) is 0.452. The van der Waals surface area contributed by atoms with Gasteiger partial charge in [-0.05, 0) is 16.8 Å². The predicted octanol–water partition coefficient (Wildman–Crippen LogP) is 2.04. The van der Waals surface area contributed by atoms with E-state index >= 15 is 0 Å².